The van der Waals surface area contributed by atoms with Gasteiger partial charge in [0, 0.05) is 11.6 Å². The molecule has 0 saturated carbocycles. The number of benzene rings is 1. The maximum Gasteiger partial charge on any atom is 0.146 e. The van der Waals surface area contributed by atoms with Gasteiger partial charge in [-0.25, -0.2) is 13.2 Å². The Labute approximate surface area is 88.2 Å². The molecular formula is C9H9BrF3N. The normalized spacial score (nSPS) is 13.0. The van der Waals surface area contributed by atoms with Crippen LogP contribution in [-0.2, 0) is 0 Å². The minimum Gasteiger partial charge on any atom is -0.330 e. The van der Waals surface area contributed by atoms with Crippen LogP contribution in [0.15, 0.2) is 10.5 Å². The van der Waals surface area contributed by atoms with Crippen LogP contribution in [-0.4, -0.2) is 6.54 Å². The summed E-state index contributed by atoms with van der Waals surface area (Å²) in [6.45, 7) is 1.68. The fourth-order valence-electron chi connectivity index (χ4n) is 1.15. The van der Waals surface area contributed by atoms with Crippen molar-refractivity contribution in [3.05, 3.63) is 33.6 Å². The molecule has 5 heteroatoms. The van der Waals surface area contributed by atoms with Gasteiger partial charge in [0.2, 0.25) is 0 Å². The van der Waals surface area contributed by atoms with Crippen molar-refractivity contribution in [2.45, 2.75) is 12.8 Å². The second-order valence-corrected chi connectivity index (χ2v) is 3.81. The van der Waals surface area contributed by atoms with Gasteiger partial charge in [-0.1, -0.05) is 6.92 Å². The molecule has 0 aromatic heterocycles. The Hall–Kier alpha value is -0.550. The quantitative estimate of drug-likeness (QED) is 0.647. The first-order valence-corrected chi connectivity index (χ1v) is 4.81. The van der Waals surface area contributed by atoms with Crippen molar-refractivity contribution < 1.29 is 13.2 Å². The first-order valence-electron chi connectivity index (χ1n) is 4.02. The number of hydrogen-bond donors (Lipinski definition) is 1. The van der Waals surface area contributed by atoms with Gasteiger partial charge in [0.1, 0.15) is 17.5 Å². The minimum absolute atomic E-state index is 0.103. The molecule has 0 aliphatic heterocycles. The Morgan fingerprint density at radius 1 is 1.36 bits per heavy atom. The van der Waals surface area contributed by atoms with E-state index < -0.39 is 23.4 Å². The molecule has 0 saturated heterocycles. The Bertz CT molecular complexity index is 354. The third-order valence-electron chi connectivity index (χ3n) is 2.00. The number of hydrogen-bond acceptors (Lipinski definition) is 1. The summed E-state index contributed by atoms with van der Waals surface area (Å²) in [6, 6.07) is 0.647. The molecule has 1 aromatic carbocycles. The predicted molar refractivity (Wildman–Crippen MR) is 51.5 cm³/mol. The number of halogens is 4. The lowest BCUT2D eigenvalue weighted by atomic mass is 10.00. The molecule has 0 radical (unpaired) electrons. The fraction of sp³-hybridized carbons (Fsp3) is 0.333. The van der Waals surface area contributed by atoms with E-state index in [9.17, 15) is 13.2 Å². The van der Waals surface area contributed by atoms with Crippen molar-refractivity contribution in [1.29, 1.82) is 0 Å². The van der Waals surface area contributed by atoms with Crippen molar-refractivity contribution in [2.75, 3.05) is 6.54 Å². The van der Waals surface area contributed by atoms with Crippen LogP contribution in [0.2, 0.25) is 0 Å². The summed E-state index contributed by atoms with van der Waals surface area (Å²) in [6.07, 6.45) is 0. The van der Waals surface area contributed by atoms with E-state index in [4.69, 9.17) is 5.73 Å². The molecule has 0 aliphatic carbocycles. The summed E-state index contributed by atoms with van der Waals surface area (Å²) in [7, 11) is 0. The van der Waals surface area contributed by atoms with E-state index in [1.165, 1.54) is 0 Å². The second kappa shape index (κ2) is 4.31. The molecule has 0 heterocycles. The van der Waals surface area contributed by atoms with Gasteiger partial charge in [-0.15, -0.1) is 0 Å². The van der Waals surface area contributed by atoms with E-state index in [0.717, 1.165) is 0 Å². The SMILES string of the molecule is CC(CN)c1c(F)cc(F)c(Br)c1F. The highest BCUT2D eigenvalue weighted by molar-refractivity contribution is 9.10. The van der Waals surface area contributed by atoms with Gasteiger partial charge in [-0.3, -0.25) is 0 Å². The molecule has 0 amide bonds. The topological polar surface area (TPSA) is 26.0 Å². The summed E-state index contributed by atoms with van der Waals surface area (Å²) in [5, 5.41) is 0. The highest BCUT2D eigenvalue weighted by Gasteiger charge is 2.20. The number of nitrogens with two attached hydrogens (primary N) is 1. The van der Waals surface area contributed by atoms with Gasteiger partial charge >= 0.3 is 0 Å². The van der Waals surface area contributed by atoms with Gasteiger partial charge < -0.3 is 5.73 Å². The Balaban J connectivity index is 3.36. The summed E-state index contributed by atoms with van der Waals surface area (Å²) < 4.78 is 39.0. The van der Waals surface area contributed by atoms with Crippen molar-refractivity contribution in [3.63, 3.8) is 0 Å². The maximum atomic E-state index is 13.4. The zero-order valence-corrected chi connectivity index (χ0v) is 9.04. The molecular weight excluding hydrogens is 259 g/mol. The van der Waals surface area contributed by atoms with E-state index in [1.54, 1.807) is 6.92 Å². The van der Waals surface area contributed by atoms with Crippen molar-refractivity contribution in [3.8, 4) is 0 Å². The molecule has 78 valence electrons. The summed E-state index contributed by atoms with van der Waals surface area (Å²) in [4.78, 5) is 0. The van der Waals surface area contributed by atoms with Gasteiger partial charge in [0.15, 0.2) is 0 Å². The molecule has 1 aromatic rings. The van der Waals surface area contributed by atoms with Crippen LogP contribution in [0.5, 0.6) is 0 Å². The van der Waals surface area contributed by atoms with Gasteiger partial charge in [0.25, 0.3) is 0 Å². The molecule has 1 atom stereocenters. The Kier molecular flexibility index (Phi) is 3.55. The van der Waals surface area contributed by atoms with Crippen LogP contribution >= 0.6 is 15.9 Å². The highest BCUT2D eigenvalue weighted by Crippen LogP contribution is 2.29. The van der Waals surface area contributed by atoms with Crippen LogP contribution in [0.4, 0.5) is 13.2 Å². The average Bonchev–Trinajstić information content (AvgIpc) is 2.14. The van der Waals surface area contributed by atoms with Crippen LogP contribution in [0, 0.1) is 17.5 Å². The maximum absolute atomic E-state index is 13.4. The zero-order valence-electron chi connectivity index (χ0n) is 7.45. The minimum atomic E-state index is -0.951. The molecule has 2 N–H and O–H groups in total. The third-order valence-corrected chi connectivity index (χ3v) is 2.72. The van der Waals surface area contributed by atoms with Crippen molar-refractivity contribution >= 4 is 15.9 Å². The molecule has 1 rings (SSSR count). The van der Waals surface area contributed by atoms with Gasteiger partial charge in [-0.2, -0.15) is 0 Å². The highest BCUT2D eigenvalue weighted by atomic mass is 79.9. The lowest BCUT2D eigenvalue weighted by Gasteiger charge is -2.12. The first-order chi connectivity index (χ1) is 6.49. The van der Waals surface area contributed by atoms with Crippen LogP contribution in [0.1, 0.15) is 18.4 Å². The van der Waals surface area contributed by atoms with Crippen LogP contribution in [0.25, 0.3) is 0 Å². The average molecular weight is 268 g/mol. The van der Waals surface area contributed by atoms with E-state index in [-0.39, 0.29) is 16.6 Å². The zero-order chi connectivity index (χ0) is 10.9. The monoisotopic (exact) mass is 267 g/mol. The van der Waals surface area contributed by atoms with E-state index in [0.29, 0.717) is 6.07 Å². The third kappa shape index (κ3) is 1.93. The molecule has 14 heavy (non-hydrogen) atoms. The Morgan fingerprint density at radius 3 is 2.43 bits per heavy atom. The van der Waals surface area contributed by atoms with E-state index in [1.807, 2.05) is 0 Å². The number of rotatable bonds is 2. The largest absolute Gasteiger partial charge is 0.330 e. The molecule has 0 spiro atoms. The summed E-state index contributed by atoms with van der Waals surface area (Å²) >= 11 is 2.70. The lowest BCUT2D eigenvalue weighted by molar-refractivity contribution is 0.501. The smallest absolute Gasteiger partial charge is 0.146 e. The standard InChI is InChI=1S/C9H9BrF3N/c1-4(3-14)7-5(11)2-6(12)8(10)9(7)13/h2,4H,3,14H2,1H3. The van der Waals surface area contributed by atoms with Gasteiger partial charge in [0.05, 0.1) is 4.47 Å². The first kappa shape index (κ1) is 11.5. The summed E-state index contributed by atoms with van der Waals surface area (Å²) in [5.41, 5.74) is 5.11. The molecule has 0 aliphatic rings. The Morgan fingerprint density at radius 2 is 1.93 bits per heavy atom. The van der Waals surface area contributed by atoms with Gasteiger partial charge in [-0.05, 0) is 28.4 Å². The van der Waals surface area contributed by atoms with Crippen molar-refractivity contribution in [1.82, 2.24) is 0 Å². The molecule has 0 fully saturated rings. The molecule has 1 unspecified atom stereocenters. The molecule has 0 bridgehead atoms. The van der Waals surface area contributed by atoms with E-state index >= 15 is 0 Å². The van der Waals surface area contributed by atoms with Crippen LogP contribution < -0.4 is 5.73 Å². The van der Waals surface area contributed by atoms with Crippen LogP contribution in [0.3, 0.4) is 0 Å². The predicted octanol–water partition coefficient (Wildman–Crippen LogP) is 2.93. The molecule has 1 nitrogen and oxygen atoms in total. The van der Waals surface area contributed by atoms with E-state index in [2.05, 4.69) is 15.9 Å². The van der Waals surface area contributed by atoms with Crippen molar-refractivity contribution in [2.24, 2.45) is 5.73 Å². The lowest BCUT2D eigenvalue weighted by Crippen LogP contribution is -2.13. The second-order valence-electron chi connectivity index (χ2n) is 3.02. The summed E-state index contributed by atoms with van der Waals surface area (Å²) in [5.74, 6) is -3.25. The fourth-order valence-corrected chi connectivity index (χ4v) is 1.48.